The molecule has 26 heavy (non-hydrogen) atoms. The van der Waals surface area contributed by atoms with Crippen LogP contribution in [0.4, 0.5) is 5.69 Å². The molecule has 1 unspecified atom stereocenters. The standard InChI is InChI=1S/C17H21N3O5S/c1-2-16(17(22)19-23)26(24,25)20-14-8-7-12(10-15(14)21)5-6-13-4-3-9-18-11-13/h3-4,7-11,16,20-21,23H,2,5-6H2,1H3,(H,19,22). The van der Waals surface area contributed by atoms with Crippen LogP contribution in [0.1, 0.15) is 24.5 Å². The summed E-state index contributed by atoms with van der Waals surface area (Å²) in [6, 6.07) is 8.40. The van der Waals surface area contributed by atoms with Crippen molar-refractivity contribution in [2.24, 2.45) is 0 Å². The van der Waals surface area contributed by atoms with Crippen LogP contribution >= 0.6 is 0 Å². The number of hydrogen-bond donors (Lipinski definition) is 4. The summed E-state index contributed by atoms with van der Waals surface area (Å²) in [7, 11) is -4.12. The van der Waals surface area contributed by atoms with Crippen molar-refractivity contribution in [2.45, 2.75) is 31.4 Å². The molecule has 4 N–H and O–H groups in total. The molecular weight excluding hydrogens is 358 g/mol. The third-order valence-electron chi connectivity index (χ3n) is 3.89. The first kappa shape index (κ1) is 19.7. The predicted octanol–water partition coefficient (Wildman–Crippen LogP) is 1.60. The smallest absolute Gasteiger partial charge is 0.263 e. The number of pyridine rings is 1. The number of amides is 1. The lowest BCUT2D eigenvalue weighted by Crippen LogP contribution is -2.40. The van der Waals surface area contributed by atoms with E-state index < -0.39 is 21.2 Å². The topological polar surface area (TPSA) is 129 Å². The summed E-state index contributed by atoms with van der Waals surface area (Å²) >= 11 is 0. The first-order valence-electron chi connectivity index (χ1n) is 8.03. The second kappa shape index (κ2) is 8.63. The monoisotopic (exact) mass is 379 g/mol. The highest BCUT2D eigenvalue weighted by Crippen LogP contribution is 2.27. The Morgan fingerprint density at radius 1 is 1.23 bits per heavy atom. The van der Waals surface area contributed by atoms with Gasteiger partial charge in [0.1, 0.15) is 5.75 Å². The first-order chi connectivity index (χ1) is 12.4. The summed E-state index contributed by atoms with van der Waals surface area (Å²) in [5.41, 5.74) is 3.19. The normalized spacial score (nSPS) is 12.4. The zero-order valence-corrected chi connectivity index (χ0v) is 15.0. The van der Waals surface area contributed by atoms with Gasteiger partial charge in [-0.2, -0.15) is 0 Å². The van der Waals surface area contributed by atoms with Crippen molar-refractivity contribution >= 4 is 21.6 Å². The number of hydroxylamine groups is 1. The number of nitrogens with zero attached hydrogens (tertiary/aromatic N) is 1. The molecule has 0 aliphatic rings. The van der Waals surface area contributed by atoms with Crippen LogP contribution < -0.4 is 10.2 Å². The van der Waals surface area contributed by atoms with Crippen LogP contribution in [0.5, 0.6) is 5.75 Å². The average molecular weight is 379 g/mol. The van der Waals surface area contributed by atoms with Crippen LogP contribution in [-0.4, -0.2) is 34.9 Å². The molecule has 0 aliphatic heterocycles. The number of hydrogen-bond acceptors (Lipinski definition) is 6. The minimum atomic E-state index is -4.12. The first-order valence-corrected chi connectivity index (χ1v) is 9.58. The lowest BCUT2D eigenvalue weighted by Gasteiger charge is -2.16. The van der Waals surface area contributed by atoms with Crippen LogP contribution in [-0.2, 0) is 27.7 Å². The average Bonchev–Trinajstić information content (AvgIpc) is 2.63. The number of sulfonamides is 1. The summed E-state index contributed by atoms with van der Waals surface area (Å²) in [6.07, 6.45) is 4.80. The van der Waals surface area contributed by atoms with E-state index in [0.717, 1.165) is 17.5 Å². The largest absolute Gasteiger partial charge is 0.506 e. The molecule has 140 valence electrons. The second-order valence-corrected chi connectivity index (χ2v) is 7.60. The number of benzene rings is 1. The Hall–Kier alpha value is -2.65. The SMILES string of the molecule is CCC(C(=O)NO)S(=O)(=O)Nc1ccc(CCc2cccnc2)cc1O. The molecular formula is C17H21N3O5S. The molecule has 2 rings (SSSR count). The van der Waals surface area contributed by atoms with E-state index in [-0.39, 0.29) is 17.9 Å². The minimum absolute atomic E-state index is 0.0284. The van der Waals surface area contributed by atoms with E-state index in [9.17, 15) is 18.3 Å². The maximum Gasteiger partial charge on any atom is 0.263 e. The fraction of sp³-hybridized carbons (Fsp3) is 0.294. The van der Waals surface area contributed by atoms with Crippen molar-refractivity contribution in [1.82, 2.24) is 10.5 Å². The maximum absolute atomic E-state index is 12.3. The fourth-order valence-electron chi connectivity index (χ4n) is 2.50. The van der Waals surface area contributed by atoms with Gasteiger partial charge in [-0.3, -0.25) is 19.7 Å². The van der Waals surface area contributed by atoms with Gasteiger partial charge in [0.15, 0.2) is 5.25 Å². The number of aryl methyl sites for hydroxylation is 2. The highest BCUT2D eigenvalue weighted by Gasteiger charge is 2.31. The van der Waals surface area contributed by atoms with E-state index in [0.29, 0.717) is 6.42 Å². The van der Waals surface area contributed by atoms with E-state index in [1.165, 1.54) is 24.5 Å². The number of phenols is 1. The van der Waals surface area contributed by atoms with Gasteiger partial charge in [-0.1, -0.05) is 19.1 Å². The summed E-state index contributed by atoms with van der Waals surface area (Å²) in [5, 5.41) is 17.3. The minimum Gasteiger partial charge on any atom is -0.506 e. The van der Waals surface area contributed by atoms with E-state index in [1.807, 2.05) is 12.1 Å². The molecule has 0 aliphatic carbocycles. The Kier molecular flexibility index (Phi) is 6.53. The van der Waals surface area contributed by atoms with Gasteiger partial charge in [0.2, 0.25) is 10.0 Å². The number of anilines is 1. The van der Waals surface area contributed by atoms with Gasteiger partial charge in [0.05, 0.1) is 5.69 Å². The van der Waals surface area contributed by atoms with Crippen molar-refractivity contribution in [2.75, 3.05) is 4.72 Å². The molecule has 8 nitrogen and oxygen atoms in total. The Labute approximate surface area is 151 Å². The molecule has 1 heterocycles. The lowest BCUT2D eigenvalue weighted by molar-refractivity contribution is -0.128. The third-order valence-corrected chi connectivity index (χ3v) is 5.69. The molecule has 1 aromatic heterocycles. The van der Waals surface area contributed by atoms with Crippen LogP contribution in [0.2, 0.25) is 0 Å². The Bertz CT molecular complexity index is 856. The molecule has 0 fully saturated rings. The summed E-state index contributed by atoms with van der Waals surface area (Å²) in [5.74, 6) is -1.27. The zero-order chi connectivity index (χ0) is 19.2. The number of aromatic nitrogens is 1. The number of rotatable bonds is 8. The van der Waals surface area contributed by atoms with Gasteiger partial charge in [-0.25, -0.2) is 13.9 Å². The molecule has 1 amide bonds. The molecule has 0 spiro atoms. The summed E-state index contributed by atoms with van der Waals surface area (Å²) < 4.78 is 26.8. The van der Waals surface area contributed by atoms with Crippen LogP contribution in [0.25, 0.3) is 0 Å². The second-order valence-electron chi connectivity index (χ2n) is 5.73. The number of carbonyl (C=O) groups excluding carboxylic acids is 1. The van der Waals surface area contributed by atoms with Gasteiger partial charge in [0.25, 0.3) is 5.91 Å². The fourth-order valence-corrected chi connectivity index (χ4v) is 3.89. The van der Waals surface area contributed by atoms with Crippen molar-refractivity contribution in [1.29, 1.82) is 0 Å². The molecule has 9 heteroatoms. The highest BCUT2D eigenvalue weighted by molar-refractivity contribution is 7.94. The van der Waals surface area contributed by atoms with Crippen molar-refractivity contribution in [3.63, 3.8) is 0 Å². The molecule has 0 saturated carbocycles. The van der Waals surface area contributed by atoms with Gasteiger partial charge < -0.3 is 5.11 Å². The van der Waals surface area contributed by atoms with Crippen LogP contribution in [0.3, 0.4) is 0 Å². The number of carbonyl (C=O) groups is 1. The zero-order valence-electron chi connectivity index (χ0n) is 14.2. The van der Waals surface area contributed by atoms with E-state index in [2.05, 4.69) is 9.71 Å². The lowest BCUT2D eigenvalue weighted by atomic mass is 10.1. The Morgan fingerprint density at radius 3 is 2.54 bits per heavy atom. The van der Waals surface area contributed by atoms with Crippen LogP contribution in [0.15, 0.2) is 42.7 Å². The van der Waals surface area contributed by atoms with Gasteiger partial charge in [-0.05, 0) is 48.6 Å². The quantitative estimate of drug-likeness (QED) is 0.313. The van der Waals surface area contributed by atoms with E-state index >= 15 is 0 Å². The molecule has 1 atom stereocenters. The van der Waals surface area contributed by atoms with Crippen molar-refractivity contribution in [3.8, 4) is 5.75 Å². The van der Waals surface area contributed by atoms with E-state index in [1.54, 1.807) is 18.5 Å². The number of nitrogens with one attached hydrogen (secondary N) is 2. The third kappa shape index (κ3) is 4.93. The number of phenolic OH excluding ortho intramolecular Hbond substituents is 1. The number of aromatic hydroxyl groups is 1. The molecule has 0 saturated heterocycles. The Balaban J connectivity index is 2.10. The molecule has 0 bridgehead atoms. The predicted molar refractivity (Wildman–Crippen MR) is 96.3 cm³/mol. The molecule has 0 radical (unpaired) electrons. The van der Waals surface area contributed by atoms with Gasteiger partial charge >= 0.3 is 0 Å². The summed E-state index contributed by atoms with van der Waals surface area (Å²) in [6.45, 7) is 1.50. The molecule has 2 aromatic rings. The highest BCUT2D eigenvalue weighted by atomic mass is 32.2. The van der Waals surface area contributed by atoms with Crippen LogP contribution in [0, 0.1) is 0 Å². The maximum atomic E-state index is 12.3. The van der Waals surface area contributed by atoms with Gasteiger partial charge in [-0.15, -0.1) is 0 Å². The summed E-state index contributed by atoms with van der Waals surface area (Å²) in [4.78, 5) is 15.5. The van der Waals surface area contributed by atoms with E-state index in [4.69, 9.17) is 5.21 Å². The Morgan fingerprint density at radius 2 is 1.96 bits per heavy atom. The molecule has 1 aromatic carbocycles. The van der Waals surface area contributed by atoms with Gasteiger partial charge in [0, 0.05) is 12.4 Å². The van der Waals surface area contributed by atoms with Crippen molar-refractivity contribution < 1.29 is 23.5 Å². The van der Waals surface area contributed by atoms with Crippen molar-refractivity contribution in [3.05, 3.63) is 53.9 Å².